The number of rotatable bonds is 6. The van der Waals surface area contributed by atoms with Gasteiger partial charge >= 0.3 is 5.97 Å². The van der Waals surface area contributed by atoms with E-state index in [1.54, 1.807) is 18.2 Å². The molecular formula is C18H18N2O5S. The number of hydrogen-bond donors (Lipinski definition) is 1. The molecule has 0 spiro atoms. The third-order valence-corrected chi connectivity index (χ3v) is 5.85. The van der Waals surface area contributed by atoms with E-state index in [2.05, 4.69) is 11.9 Å². The van der Waals surface area contributed by atoms with Gasteiger partial charge in [-0.25, -0.2) is 8.42 Å². The molecule has 8 heteroatoms. The van der Waals surface area contributed by atoms with Crippen LogP contribution in [0.15, 0.2) is 53.9 Å². The van der Waals surface area contributed by atoms with Gasteiger partial charge in [0.1, 0.15) is 6.54 Å². The molecule has 0 aromatic heterocycles. The lowest BCUT2D eigenvalue weighted by Gasteiger charge is -2.19. The smallest absolute Gasteiger partial charge is 0.327 e. The highest BCUT2D eigenvalue weighted by molar-refractivity contribution is 7.93. The van der Waals surface area contributed by atoms with Crippen LogP contribution in [0, 0.1) is 0 Å². The molecule has 0 aliphatic carbocycles. The number of hydrogen-bond acceptors (Lipinski definition) is 5. The number of nitrogens with one attached hydrogen (secondary N) is 1. The first-order chi connectivity index (χ1) is 12.4. The summed E-state index contributed by atoms with van der Waals surface area (Å²) in [4.78, 5) is 24.1. The number of carbonyl (C=O) groups excluding carboxylic acids is 2. The maximum absolute atomic E-state index is 12.8. The summed E-state index contributed by atoms with van der Waals surface area (Å²) < 4.78 is 31.7. The van der Waals surface area contributed by atoms with E-state index in [0.29, 0.717) is 11.1 Å². The summed E-state index contributed by atoms with van der Waals surface area (Å²) in [6.45, 7) is 4.64. The molecule has 2 aromatic rings. The lowest BCUT2D eigenvalue weighted by molar-refractivity contribution is -0.153. The summed E-state index contributed by atoms with van der Waals surface area (Å²) >= 11 is 0. The molecule has 1 aliphatic heterocycles. The predicted octanol–water partition coefficient (Wildman–Crippen LogP) is 1.58. The minimum atomic E-state index is -3.85. The van der Waals surface area contributed by atoms with Crippen molar-refractivity contribution in [1.29, 1.82) is 0 Å². The molecule has 1 N–H and O–H groups in total. The number of sulfonamides is 1. The van der Waals surface area contributed by atoms with Gasteiger partial charge in [-0.3, -0.25) is 13.9 Å². The second kappa shape index (κ2) is 6.80. The molecule has 1 amide bonds. The summed E-state index contributed by atoms with van der Waals surface area (Å²) in [5.41, 5.74) is 0.429. The van der Waals surface area contributed by atoms with Crippen LogP contribution in [-0.4, -0.2) is 39.5 Å². The number of esters is 1. The number of nitrogens with zero attached hydrogens (tertiary/aromatic N) is 1. The monoisotopic (exact) mass is 374 g/mol. The van der Waals surface area contributed by atoms with Crippen molar-refractivity contribution < 1.29 is 22.7 Å². The summed E-state index contributed by atoms with van der Waals surface area (Å²) in [5.74, 6) is -1.28. The Morgan fingerprint density at radius 2 is 1.96 bits per heavy atom. The Labute approximate surface area is 151 Å². The largest absolute Gasteiger partial charge is 0.451 e. The molecule has 7 nitrogen and oxygen atoms in total. The summed E-state index contributed by atoms with van der Waals surface area (Å²) in [7, 11) is -3.85. The zero-order valence-corrected chi connectivity index (χ0v) is 15.0. The van der Waals surface area contributed by atoms with E-state index in [9.17, 15) is 18.0 Å². The van der Waals surface area contributed by atoms with E-state index >= 15 is 0 Å². The zero-order chi connectivity index (χ0) is 18.9. The zero-order valence-electron chi connectivity index (χ0n) is 14.1. The highest BCUT2D eigenvalue weighted by atomic mass is 32.2. The number of anilines is 1. The molecule has 0 unspecified atom stereocenters. The van der Waals surface area contributed by atoms with Gasteiger partial charge in [0.15, 0.2) is 6.10 Å². The average molecular weight is 374 g/mol. The van der Waals surface area contributed by atoms with Crippen molar-refractivity contribution in [2.75, 3.05) is 17.4 Å². The van der Waals surface area contributed by atoms with Gasteiger partial charge in [-0.15, -0.1) is 6.58 Å². The van der Waals surface area contributed by atoms with Gasteiger partial charge in [0, 0.05) is 11.9 Å². The molecule has 0 saturated heterocycles. The van der Waals surface area contributed by atoms with E-state index in [0.717, 1.165) is 9.69 Å². The van der Waals surface area contributed by atoms with E-state index in [4.69, 9.17) is 4.74 Å². The van der Waals surface area contributed by atoms with Crippen LogP contribution in [-0.2, 0) is 24.3 Å². The minimum absolute atomic E-state index is 0.162. The Kier molecular flexibility index (Phi) is 4.69. The molecule has 0 bridgehead atoms. The SMILES string of the molecule is C=CCNC(=O)[C@@H](C)OC(=O)CN1c2cccc3cccc(c23)S1(=O)=O. The fourth-order valence-electron chi connectivity index (χ4n) is 2.85. The summed E-state index contributed by atoms with van der Waals surface area (Å²) in [6, 6.07) is 10.2. The normalized spacial score (nSPS) is 15.5. The van der Waals surface area contributed by atoms with Crippen molar-refractivity contribution in [3.8, 4) is 0 Å². The number of amides is 1. The Morgan fingerprint density at radius 3 is 2.65 bits per heavy atom. The van der Waals surface area contributed by atoms with Crippen molar-refractivity contribution in [3.63, 3.8) is 0 Å². The first kappa shape index (κ1) is 17.9. The number of benzene rings is 2. The first-order valence-corrected chi connectivity index (χ1v) is 9.43. The molecule has 2 aromatic carbocycles. The Bertz CT molecular complexity index is 995. The minimum Gasteiger partial charge on any atom is -0.451 e. The lowest BCUT2D eigenvalue weighted by atomic mass is 10.1. The molecule has 1 aliphatic rings. The van der Waals surface area contributed by atoms with Crippen LogP contribution in [0.25, 0.3) is 10.8 Å². The maximum atomic E-state index is 12.8. The van der Waals surface area contributed by atoms with E-state index < -0.39 is 34.5 Å². The summed E-state index contributed by atoms with van der Waals surface area (Å²) in [6.07, 6.45) is 0.465. The quantitative estimate of drug-likeness (QED) is 0.612. The number of carbonyl (C=O) groups is 2. The standard InChI is InChI=1S/C18H18N2O5S/c1-3-10-19-18(22)12(2)25-16(21)11-20-14-8-4-6-13-7-5-9-15(17(13)14)26(20,23)24/h3-9,12H,1,10-11H2,2H3,(H,19,22)/t12-/m1/s1. The van der Waals surface area contributed by atoms with E-state index in [1.807, 2.05) is 12.1 Å². The van der Waals surface area contributed by atoms with Crippen LogP contribution in [0.3, 0.4) is 0 Å². The summed E-state index contributed by atoms with van der Waals surface area (Å²) in [5, 5.41) is 3.87. The van der Waals surface area contributed by atoms with Crippen LogP contribution < -0.4 is 9.62 Å². The Morgan fingerprint density at radius 1 is 1.27 bits per heavy atom. The molecule has 26 heavy (non-hydrogen) atoms. The van der Waals surface area contributed by atoms with Gasteiger partial charge in [0.25, 0.3) is 15.9 Å². The van der Waals surface area contributed by atoms with Gasteiger partial charge < -0.3 is 10.1 Å². The molecule has 0 radical (unpaired) electrons. The van der Waals surface area contributed by atoms with Crippen molar-refractivity contribution in [2.45, 2.75) is 17.9 Å². The molecule has 0 saturated carbocycles. The average Bonchev–Trinajstić information content (AvgIpc) is 2.83. The maximum Gasteiger partial charge on any atom is 0.327 e. The van der Waals surface area contributed by atoms with Crippen LogP contribution in [0.5, 0.6) is 0 Å². The molecular weight excluding hydrogens is 356 g/mol. The van der Waals surface area contributed by atoms with Gasteiger partial charge in [-0.05, 0) is 24.4 Å². The molecule has 1 atom stereocenters. The topological polar surface area (TPSA) is 92.8 Å². The molecule has 3 rings (SSSR count). The van der Waals surface area contributed by atoms with Crippen LogP contribution >= 0.6 is 0 Å². The highest BCUT2D eigenvalue weighted by Gasteiger charge is 2.37. The number of ether oxygens (including phenoxy) is 1. The van der Waals surface area contributed by atoms with Gasteiger partial charge in [-0.1, -0.05) is 30.3 Å². The van der Waals surface area contributed by atoms with Gasteiger partial charge in [-0.2, -0.15) is 0 Å². The third-order valence-electron chi connectivity index (χ3n) is 4.05. The second-order valence-corrected chi connectivity index (χ2v) is 7.64. The van der Waals surface area contributed by atoms with Crippen molar-refractivity contribution >= 4 is 38.4 Å². The van der Waals surface area contributed by atoms with Crippen molar-refractivity contribution in [3.05, 3.63) is 49.1 Å². The molecule has 0 fully saturated rings. The van der Waals surface area contributed by atoms with E-state index in [-0.39, 0.29) is 11.4 Å². The fourth-order valence-corrected chi connectivity index (χ4v) is 4.51. The van der Waals surface area contributed by atoms with Gasteiger partial charge in [0.2, 0.25) is 0 Å². The van der Waals surface area contributed by atoms with Crippen molar-refractivity contribution in [1.82, 2.24) is 5.32 Å². The van der Waals surface area contributed by atoms with E-state index in [1.165, 1.54) is 19.1 Å². The predicted molar refractivity (Wildman–Crippen MR) is 97.2 cm³/mol. The highest BCUT2D eigenvalue weighted by Crippen LogP contribution is 2.41. The second-order valence-electron chi connectivity index (χ2n) is 5.81. The molecule has 1 heterocycles. The lowest BCUT2D eigenvalue weighted by Crippen LogP contribution is -2.39. The molecule has 136 valence electrons. The Balaban J connectivity index is 1.81. The Hall–Kier alpha value is -2.87. The fraction of sp³-hybridized carbons (Fsp3) is 0.222. The van der Waals surface area contributed by atoms with Crippen LogP contribution in [0.2, 0.25) is 0 Å². The third kappa shape index (κ3) is 3.03. The van der Waals surface area contributed by atoms with Gasteiger partial charge in [0.05, 0.1) is 10.6 Å². The first-order valence-electron chi connectivity index (χ1n) is 7.99. The van der Waals surface area contributed by atoms with Crippen molar-refractivity contribution in [2.24, 2.45) is 0 Å². The van der Waals surface area contributed by atoms with Crippen LogP contribution in [0.4, 0.5) is 5.69 Å². The van der Waals surface area contributed by atoms with Crippen LogP contribution in [0.1, 0.15) is 6.92 Å².